The second-order valence-corrected chi connectivity index (χ2v) is 12.6. The van der Waals surface area contributed by atoms with Crippen LogP contribution >= 0.6 is 0 Å². The number of hydrogen-bond acceptors (Lipinski definition) is 2. The lowest BCUT2D eigenvalue weighted by Gasteiger charge is -2.29. The van der Waals surface area contributed by atoms with Crippen molar-refractivity contribution in [3.63, 3.8) is 0 Å². The SMILES string of the molecule is c1ccc(-c2ccccc2N(c2ccc3c4ccccc4n(-c4ccccc4)c3c2)c2cccc3cc4oc5ccccc5c4cc23)cc1. The van der Waals surface area contributed by atoms with E-state index in [4.69, 9.17) is 4.42 Å². The molecule has 0 atom stereocenters. The zero-order valence-corrected chi connectivity index (χ0v) is 26.6. The average molecular weight is 627 g/mol. The van der Waals surface area contributed by atoms with Gasteiger partial charge < -0.3 is 13.9 Å². The van der Waals surface area contributed by atoms with E-state index >= 15 is 0 Å². The number of aromatic nitrogens is 1. The Balaban J connectivity index is 1.30. The molecule has 0 spiro atoms. The minimum absolute atomic E-state index is 0.899. The van der Waals surface area contributed by atoms with Crippen LogP contribution in [-0.2, 0) is 0 Å². The van der Waals surface area contributed by atoms with Crippen molar-refractivity contribution in [3.05, 3.63) is 182 Å². The Morgan fingerprint density at radius 3 is 1.98 bits per heavy atom. The van der Waals surface area contributed by atoms with E-state index in [1.165, 1.54) is 27.4 Å². The van der Waals surface area contributed by atoms with Crippen molar-refractivity contribution in [1.82, 2.24) is 4.57 Å². The maximum atomic E-state index is 6.32. The van der Waals surface area contributed by atoms with Crippen molar-refractivity contribution in [3.8, 4) is 16.8 Å². The lowest BCUT2D eigenvalue weighted by atomic mass is 9.99. The predicted octanol–water partition coefficient (Wildman–Crippen LogP) is 13.0. The summed E-state index contributed by atoms with van der Waals surface area (Å²) in [6.45, 7) is 0. The molecule has 0 aliphatic rings. The van der Waals surface area contributed by atoms with Gasteiger partial charge in [-0.15, -0.1) is 0 Å². The van der Waals surface area contributed by atoms with Gasteiger partial charge in [-0.1, -0.05) is 121 Å². The normalized spacial score (nSPS) is 11.7. The second kappa shape index (κ2) is 11.0. The van der Waals surface area contributed by atoms with Gasteiger partial charge in [0.15, 0.2) is 0 Å². The van der Waals surface area contributed by atoms with Crippen LogP contribution in [-0.4, -0.2) is 4.57 Å². The van der Waals surface area contributed by atoms with E-state index in [9.17, 15) is 0 Å². The highest BCUT2D eigenvalue weighted by Crippen LogP contribution is 2.46. The van der Waals surface area contributed by atoms with Crippen LogP contribution in [0.25, 0.3) is 71.3 Å². The summed E-state index contributed by atoms with van der Waals surface area (Å²) in [5.74, 6) is 0. The van der Waals surface area contributed by atoms with Gasteiger partial charge >= 0.3 is 0 Å². The standard InChI is InChI=1S/C46H30N2O/c1-3-14-31(15-4-1)35-19-7-10-22-41(35)48(43-24-13-16-32-28-46-40(30-39(32)43)38-21-9-12-25-45(38)49-46)34-26-27-37-36-20-8-11-23-42(36)47(44(37)29-34)33-17-5-2-6-18-33/h1-30H. The highest BCUT2D eigenvalue weighted by Gasteiger charge is 2.22. The molecule has 49 heavy (non-hydrogen) atoms. The molecule has 3 nitrogen and oxygen atoms in total. The third kappa shape index (κ3) is 4.37. The molecule has 0 amide bonds. The average Bonchev–Trinajstić information content (AvgIpc) is 3.70. The summed E-state index contributed by atoms with van der Waals surface area (Å²) in [6, 6.07) is 65.1. The maximum absolute atomic E-state index is 6.32. The van der Waals surface area contributed by atoms with Gasteiger partial charge in [0.2, 0.25) is 0 Å². The Bertz CT molecular complexity index is 2830. The van der Waals surface area contributed by atoms with Gasteiger partial charge in [0.1, 0.15) is 11.2 Å². The van der Waals surface area contributed by atoms with Gasteiger partial charge in [0.25, 0.3) is 0 Å². The van der Waals surface area contributed by atoms with Crippen LogP contribution in [0.5, 0.6) is 0 Å². The number of rotatable bonds is 5. The highest BCUT2D eigenvalue weighted by atomic mass is 16.3. The van der Waals surface area contributed by atoms with E-state index in [0.717, 1.165) is 61.0 Å². The summed E-state index contributed by atoms with van der Waals surface area (Å²) in [7, 11) is 0. The van der Waals surface area contributed by atoms with Crippen molar-refractivity contribution < 1.29 is 4.42 Å². The number of benzene rings is 8. The largest absolute Gasteiger partial charge is 0.456 e. The lowest BCUT2D eigenvalue weighted by Crippen LogP contribution is -2.12. The fourth-order valence-corrected chi connectivity index (χ4v) is 7.57. The summed E-state index contributed by atoms with van der Waals surface area (Å²) in [6.07, 6.45) is 0. The minimum Gasteiger partial charge on any atom is -0.456 e. The third-order valence-corrected chi connectivity index (χ3v) is 9.76. The monoisotopic (exact) mass is 626 g/mol. The van der Waals surface area contributed by atoms with E-state index in [1.807, 2.05) is 12.1 Å². The van der Waals surface area contributed by atoms with E-state index in [0.29, 0.717) is 0 Å². The number of anilines is 3. The van der Waals surface area contributed by atoms with Crippen molar-refractivity contribution >= 4 is 71.6 Å². The van der Waals surface area contributed by atoms with Crippen LogP contribution in [0.2, 0.25) is 0 Å². The third-order valence-electron chi connectivity index (χ3n) is 9.76. The molecule has 8 aromatic carbocycles. The van der Waals surface area contributed by atoms with Crippen LogP contribution in [0.3, 0.4) is 0 Å². The van der Waals surface area contributed by atoms with E-state index < -0.39 is 0 Å². The zero-order valence-electron chi connectivity index (χ0n) is 26.6. The molecule has 0 N–H and O–H groups in total. The van der Waals surface area contributed by atoms with Crippen LogP contribution < -0.4 is 4.90 Å². The first-order chi connectivity index (χ1) is 24.3. The number of hydrogen-bond donors (Lipinski definition) is 0. The molecule has 10 rings (SSSR count). The van der Waals surface area contributed by atoms with Crippen molar-refractivity contribution in [2.75, 3.05) is 4.90 Å². The molecule has 0 saturated heterocycles. The molecule has 2 heterocycles. The minimum atomic E-state index is 0.899. The van der Waals surface area contributed by atoms with Crippen LogP contribution in [0.15, 0.2) is 186 Å². The Hall–Kier alpha value is -6.58. The molecule has 0 unspecified atom stereocenters. The molecule has 0 aliphatic heterocycles. The lowest BCUT2D eigenvalue weighted by molar-refractivity contribution is 0.669. The van der Waals surface area contributed by atoms with Crippen LogP contribution in [0.1, 0.15) is 0 Å². The van der Waals surface area contributed by atoms with E-state index in [-0.39, 0.29) is 0 Å². The summed E-state index contributed by atoms with van der Waals surface area (Å²) < 4.78 is 8.71. The molecule has 230 valence electrons. The van der Waals surface area contributed by atoms with Gasteiger partial charge in [-0.05, 0) is 71.6 Å². The molecule has 0 saturated carbocycles. The number of para-hydroxylation sites is 4. The Morgan fingerprint density at radius 1 is 0.408 bits per heavy atom. The maximum Gasteiger partial charge on any atom is 0.136 e. The van der Waals surface area contributed by atoms with Gasteiger partial charge in [-0.2, -0.15) is 0 Å². The van der Waals surface area contributed by atoms with Gasteiger partial charge in [-0.3, -0.25) is 0 Å². The molecule has 10 aromatic rings. The first kappa shape index (κ1) is 27.5. The van der Waals surface area contributed by atoms with E-state index in [2.05, 4.69) is 179 Å². The summed E-state index contributed by atoms with van der Waals surface area (Å²) in [4.78, 5) is 2.44. The van der Waals surface area contributed by atoms with Gasteiger partial charge in [0, 0.05) is 43.9 Å². The molecular formula is C46H30N2O. The van der Waals surface area contributed by atoms with Crippen molar-refractivity contribution in [1.29, 1.82) is 0 Å². The Labute approximate surface area is 283 Å². The molecule has 2 aromatic heterocycles. The topological polar surface area (TPSA) is 21.3 Å². The first-order valence-electron chi connectivity index (χ1n) is 16.7. The molecule has 0 fully saturated rings. The van der Waals surface area contributed by atoms with Crippen LogP contribution in [0.4, 0.5) is 17.1 Å². The molecule has 0 bridgehead atoms. The van der Waals surface area contributed by atoms with Gasteiger partial charge in [0.05, 0.1) is 22.4 Å². The smallest absolute Gasteiger partial charge is 0.136 e. The van der Waals surface area contributed by atoms with Crippen molar-refractivity contribution in [2.45, 2.75) is 0 Å². The van der Waals surface area contributed by atoms with Gasteiger partial charge in [-0.25, -0.2) is 0 Å². The van der Waals surface area contributed by atoms with Crippen molar-refractivity contribution in [2.24, 2.45) is 0 Å². The Kier molecular flexibility index (Phi) is 6.18. The Morgan fingerprint density at radius 2 is 1.10 bits per heavy atom. The zero-order chi connectivity index (χ0) is 32.3. The first-order valence-corrected chi connectivity index (χ1v) is 16.7. The molecule has 0 aliphatic carbocycles. The summed E-state index contributed by atoms with van der Waals surface area (Å²) in [5.41, 5.74) is 10.9. The number of nitrogens with zero attached hydrogens (tertiary/aromatic N) is 2. The number of furan rings is 1. The highest BCUT2D eigenvalue weighted by molar-refractivity contribution is 6.14. The summed E-state index contributed by atoms with van der Waals surface area (Å²) >= 11 is 0. The fourth-order valence-electron chi connectivity index (χ4n) is 7.57. The molecular weight excluding hydrogens is 597 g/mol. The number of fused-ring (bicyclic) bond motifs is 7. The van der Waals surface area contributed by atoms with Crippen LogP contribution in [0, 0.1) is 0 Å². The summed E-state index contributed by atoms with van der Waals surface area (Å²) in [5, 5.41) is 7.00. The molecule has 0 radical (unpaired) electrons. The second-order valence-electron chi connectivity index (χ2n) is 12.6. The molecule has 3 heteroatoms. The fraction of sp³-hybridized carbons (Fsp3) is 0. The van der Waals surface area contributed by atoms with E-state index in [1.54, 1.807) is 0 Å². The quantitative estimate of drug-likeness (QED) is 0.190. The predicted molar refractivity (Wildman–Crippen MR) is 206 cm³/mol.